The number of anilines is 2. The Kier molecular flexibility index (Phi) is 6.39. The van der Waals surface area contributed by atoms with E-state index < -0.39 is 0 Å². The first-order valence-electron chi connectivity index (χ1n) is 7.44. The SMILES string of the molecule is CCCNc1nc(C)nc(N(C)CC(=O)NC(C)C)c1C. The van der Waals surface area contributed by atoms with Crippen molar-refractivity contribution in [3.63, 3.8) is 0 Å². The van der Waals surface area contributed by atoms with Crippen LogP contribution in [-0.4, -0.2) is 42.1 Å². The predicted molar refractivity (Wildman–Crippen MR) is 86.8 cm³/mol. The van der Waals surface area contributed by atoms with Crippen LogP contribution in [0.2, 0.25) is 0 Å². The second-order valence-electron chi connectivity index (χ2n) is 5.57. The number of amides is 1. The van der Waals surface area contributed by atoms with Crippen LogP contribution in [0.5, 0.6) is 0 Å². The van der Waals surface area contributed by atoms with Crippen LogP contribution in [-0.2, 0) is 4.79 Å². The van der Waals surface area contributed by atoms with Gasteiger partial charge in [0, 0.05) is 25.2 Å². The molecule has 0 atom stereocenters. The van der Waals surface area contributed by atoms with E-state index in [4.69, 9.17) is 0 Å². The monoisotopic (exact) mass is 293 g/mol. The third-order valence-electron chi connectivity index (χ3n) is 2.97. The summed E-state index contributed by atoms with van der Waals surface area (Å²) in [7, 11) is 1.87. The van der Waals surface area contributed by atoms with Crippen LogP contribution >= 0.6 is 0 Å². The highest BCUT2D eigenvalue weighted by molar-refractivity contribution is 5.81. The van der Waals surface area contributed by atoms with Crippen LogP contribution in [0.15, 0.2) is 0 Å². The second-order valence-corrected chi connectivity index (χ2v) is 5.57. The Balaban J connectivity index is 2.90. The van der Waals surface area contributed by atoms with Gasteiger partial charge >= 0.3 is 0 Å². The first-order valence-corrected chi connectivity index (χ1v) is 7.44. The maximum Gasteiger partial charge on any atom is 0.239 e. The molecule has 1 amide bonds. The maximum absolute atomic E-state index is 11.9. The topological polar surface area (TPSA) is 70.2 Å². The summed E-state index contributed by atoms with van der Waals surface area (Å²) in [5.41, 5.74) is 0.967. The summed E-state index contributed by atoms with van der Waals surface area (Å²) in [5.74, 6) is 2.33. The van der Waals surface area contributed by atoms with Gasteiger partial charge in [-0.15, -0.1) is 0 Å². The molecular formula is C15H27N5O. The van der Waals surface area contributed by atoms with Gasteiger partial charge in [0.15, 0.2) is 0 Å². The van der Waals surface area contributed by atoms with Gasteiger partial charge < -0.3 is 15.5 Å². The van der Waals surface area contributed by atoms with Crippen molar-refractivity contribution in [2.24, 2.45) is 0 Å². The Morgan fingerprint density at radius 2 is 1.95 bits per heavy atom. The minimum atomic E-state index is -0.00812. The Hall–Kier alpha value is -1.85. The van der Waals surface area contributed by atoms with Gasteiger partial charge in [-0.3, -0.25) is 4.79 Å². The minimum Gasteiger partial charge on any atom is -0.370 e. The summed E-state index contributed by atoms with van der Waals surface area (Å²) in [6, 6.07) is 0.140. The first-order chi connectivity index (χ1) is 9.85. The minimum absolute atomic E-state index is 0.00812. The Labute approximate surface area is 127 Å². The molecule has 2 N–H and O–H groups in total. The molecule has 0 aliphatic heterocycles. The van der Waals surface area contributed by atoms with Gasteiger partial charge in [-0.1, -0.05) is 6.92 Å². The zero-order valence-corrected chi connectivity index (χ0v) is 13.9. The van der Waals surface area contributed by atoms with Crippen molar-refractivity contribution in [3.05, 3.63) is 11.4 Å². The number of carbonyl (C=O) groups excluding carboxylic acids is 1. The van der Waals surface area contributed by atoms with Gasteiger partial charge in [-0.25, -0.2) is 9.97 Å². The largest absolute Gasteiger partial charge is 0.370 e. The molecule has 21 heavy (non-hydrogen) atoms. The number of likely N-dealkylation sites (N-methyl/N-ethyl adjacent to an activating group) is 1. The standard InChI is InChI=1S/C15H27N5O/c1-7-8-16-14-11(4)15(19-12(5)18-14)20(6)9-13(21)17-10(2)3/h10H,7-9H2,1-6H3,(H,17,21)(H,16,18,19). The van der Waals surface area contributed by atoms with E-state index in [1.165, 1.54) is 0 Å². The summed E-state index contributed by atoms with van der Waals surface area (Å²) in [6.07, 6.45) is 1.03. The summed E-state index contributed by atoms with van der Waals surface area (Å²) in [5, 5.41) is 6.19. The molecule has 0 bridgehead atoms. The lowest BCUT2D eigenvalue weighted by Crippen LogP contribution is -2.39. The molecular weight excluding hydrogens is 266 g/mol. The van der Waals surface area contributed by atoms with Gasteiger partial charge in [0.2, 0.25) is 5.91 Å². The molecule has 1 aromatic heterocycles. The van der Waals surface area contributed by atoms with Crippen molar-refractivity contribution in [2.75, 3.05) is 30.4 Å². The van der Waals surface area contributed by atoms with E-state index in [0.717, 1.165) is 30.2 Å². The van der Waals surface area contributed by atoms with E-state index in [9.17, 15) is 4.79 Å². The lowest BCUT2D eigenvalue weighted by Gasteiger charge is -2.22. The molecule has 6 heteroatoms. The molecule has 1 aromatic rings. The van der Waals surface area contributed by atoms with Gasteiger partial charge in [-0.2, -0.15) is 0 Å². The van der Waals surface area contributed by atoms with Crippen LogP contribution in [0.1, 0.15) is 38.6 Å². The van der Waals surface area contributed by atoms with Gasteiger partial charge in [-0.05, 0) is 34.1 Å². The maximum atomic E-state index is 11.9. The van der Waals surface area contributed by atoms with E-state index in [1.807, 2.05) is 39.6 Å². The fourth-order valence-electron chi connectivity index (χ4n) is 2.06. The molecule has 0 aliphatic carbocycles. The summed E-state index contributed by atoms with van der Waals surface area (Å²) in [6.45, 7) is 11.0. The fourth-order valence-corrected chi connectivity index (χ4v) is 2.06. The molecule has 0 radical (unpaired) electrons. The molecule has 1 heterocycles. The zero-order chi connectivity index (χ0) is 16.0. The van der Waals surface area contributed by atoms with E-state index in [0.29, 0.717) is 5.82 Å². The number of nitrogens with zero attached hydrogens (tertiary/aromatic N) is 3. The normalized spacial score (nSPS) is 10.6. The lowest BCUT2D eigenvalue weighted by molar-refractivity contribution is -0.120. The third kappa shape index (κ3) is 5.21. The van der Waals surface area contributed by atoms with Crippen LogP contribution in [0.3, 0.4) is 0 Å². The predicted octanol–water partition coefficient (Wildman–Crippen LogP) is 1.88. The van der Waals surface area contributed by atoms with Gasteiger partial charge in [0.1, 0.15) is 17.5 Å². The highest BCUT2D eigenvalue weighted by Crippen LogP contribution is 2.22. The summed E-state index contributed by atoms with van der Waals surface area (Å²) in [4.78, 5) is 22.6. The van der Waals surface area contributed by atoms with E-state index >= 15 is 0 Å². The Morgan fingerprint density at radius 1 is 1.29 bits per heavy atom. The lowest BCUT2D eigenvalue weighted by atomic mass is 10.2. The smallest absolute Gasteiger partial charge is 0.239 e. The number of carbonyl (C=O) groups is 1. The summed E-state index contributed by atoms with van der Waals surface area (Å²) >= 11 is 0. The number of aryl methyl sites for hydroxylation is 1. The first kappa shape index (κ1) is 17.2. The fraction of sp³-hybridized carbons (Fsp3) is 0.667. The van der Waals surface area contributed by atoms with E-state index in [2.05, 4.69) is 27.5 Å². The van der Waals surface area contributed by atoms with Crippen molar-refractivity contribution in [2.45, 2.75) is 47.1 Å². The van der Waals surface area contributed by atoms with Crippen molar-refractivity contribution in [1.29, 1.82) is 0 Å². The van der Waals surface area contributed by atoms with Crippen LogP contribution in [0, 0.1) is 13.8 Å². The van der Waals surface area contributed by atoms with Crippen molar-refractivity contribution in [1.82, 2.24) is 15.3 Å². The molecule has 0 unspecified atom stereocenters. The molecule has 0 spiro atoms. The highest BCUT2D eigenvalue weighted by atomic mass is 16.2. The van der Waals surface area contributed by atoms with E-state index in [-0.39, 0.29) is 18.5 Å². The number of aromatic nitrogens is 2. The Morgan fingerprint density at radius 3 is 2.52 bits per heavy atom. The van der Waals surface area contributed by atoms with Crippen molar-refractivity contribution in [3.8, 4) is 0 Å². The van der Waals surface area contributed by atoms with E-state index in [1.54, 1.807) is 0 Å². The highest BCUT2D eigenvalue weighted by Gasteiger charge is 2.15. The molecule has 0 saturated heterocycles. The third-order valence-corrected chi connectivity index (χ3v) is 2.97. The van der Waals surface area contributed by atoms with Gasteiger partial charge in [0.25, 0.3) is 0 Å². The van der Waals surface area contributed by atoms with Crippen LogP contribution in [0.4, 0.5) is 11.6 Å². The van der Waals surface area contributed by atoms with Crippen molar-refractivity contribution >= 4 is 17.5 Å². The molecule has 0 fully saturated rings. The summed E-state index contributed by atoms with van der Waals surface area (Å²) < 4.78 is 0. The number of nitrogens with one attached hydrogen (secondary N) is 2. The number of hydrogen-bond donors (Lipinski definition) is 2. The Bertz CT molecular complexity index is 487. The number of rotatable bonds is 7. The molecule has 1 rings (SSSR count). The molecule has 118 valence electrons. The van der Waals surface area contributed by atoms with Crippen LogP contribution < -0.4 is 15.5 Å². The van der Waals surface area contributed by atoms with Crippen molar-refractivity contribution < 1.29 is 4.79 Å². The molecule has 0 aliphatic rings. The number of hydrogen-bond acceptors (Lipinski definition) is 5. The van der Waals surface area contributed by atoms with Crippen LogP contribution in [0.25, 0.3) is 0 Å². The van der Waals surface area contributed by atoms with Gasteiger partial charge in [0.05, 0.1) is 6.54 Å². The molecule has 0 aromatic carbocycles. The average molecular weight is 293 g/mol. The molecule has 6 nitrogen and oxygen atoms in total. The molecule has 0 saturated carbocycles. The quantitative estimate of drug-likeness (QED) is 0.803. The second kappa shape index (κ2) is 7.81. The zero-order valence-electron chi connectivity index (χ0n) is 13.9. The average Bonchev–Trinajstić information content (AvgIpc) is 2.38.